The number of unbranched alkanes of at least 4 members (excludes halogenated alkanes) is 1. The highest BCUT2D eigenvalue weighted by atomic mass is 32.1. The Morgan fingerprint density at radius 2 is 1.86 bits per heavy atom. The molecule has 42 heavy (non-hydrogen) atoms. The van der Waals surface area contributed by atoms with E-state index < -0.39 is 5.63 Å². The molecule has 0 amide bonds. The molecule has 9 nitrogen and oxygen atoms in total. The van der Waals surface area contributed by atoms with Crippen molar-refractivity contribution in [3.8, 4) is 17.2 Å². The molecule has 0 N–H and O–H groups in total. The first kappa shape index (κ1) is 28.6. The van der Waals surface area contributed by atoms with Crippen LogP contribution in [-0.2, 0) is 17.9 Å². The quantitative estimate of drug-likeness (QED) is 0.0866. The zero-order chi connectivity index (χ0) is 29.1. The van der Waals surface area contributed by atoms with Crippen LogP contribution in [0, 0.1) is 0 Å². The van der Waals surface area contributed by atoms with E-state index in [1.54, 1.807) is 53.5 Å². The van der Waals surface area contributed by atoms with Gasteiger partial charge in [-0.2, -0.15) is 0 Å². The second-order valence-corrected chi connectivity index (χ2v) is 10.2. The van der Waals surface area contributed by atoms with Gasteiger partial charge >= 0.3 is 5.63 Å². The molecule has 3 heterocycles. The number of hydrogen-bond acceptors (Lipinski definition) is 9. The minimum absolute atomic E-state index is 0.0997. The van der Waals surface area contributed by atoms with Crippen molar-refractivity contribution in [2.45, 2.75) is 26.0 Å². The second-order valence-electron chi connectivity index (χ2n) is 9.24. The molecule has 0 bridgehead atoms. The number of fused-ring (bicyclic) bond motifs is 1. The molecule has 214 valence electrons. The van der Waals surface area contributed by atoms with E-state index >= 15 is 0 Å². The Hall–Kier alpha value is -4.96. The van der Waals surface area contributed by atoms with Crippen molar-refractivity contribution >= 4 is 40.2 Å². The highest BCUT2D eigenvalue weighted by Gasteiger charge is 2.09. The topological polar surface area (TPSA) is 106 Å². The Morgan fingerprint density at radius 1 is 0.976 bits per heavy atom. The molecule has 5 rings (SSSR count). The van der Waals surface area contributed by atoms with Gasteiger partial charge in [-0.15, -0.1) is 16.4 Å². The lowest BCUT2D eigenvalue weighted by Crippen LogP contribution is -2.05. The number of ether oxygens (including phenoxy) is 3. The zero-order valence-electron chi connectivity index (χ0n) is 23.0. The summed E-state index contributed by atoms with van der Waals surface area (Å²) in [7, 11) is 1.57. The van der Waals surface area contributed by atoms with Gasteiger partial charge in [0.05, 0.1) is 31.4 Å². The third-order valence-electron chi connectivity index (χ3n) is 6.20. The van der Waals surface area contributed by atoms with Gasteiger partial charge in [0.25, 0.3) is 0 Å². The van der Waals surface area contributed by atoms with Crippen molar-refractivity contribution in [1.29, 1.82) is 0 Å². The van der Waals surface area contributed by atoms with Gasteiger partial charge in [-0.1, -0.05) is 35.6 Å². The number of carbonyl (C=O) groups is 1. The van der Waals surface area contributed by atoms with Crippen molar-refractivity contribution in [2.75, 3.05) is 13.7 Å². The molecule has 0 fully saturated rings. The molecule has 2 aromatic carbocycles. The Bertz CT molecular complexity index is 1750. The molecule has 0 saturated carbocycles. The van der Waals surface area contributed by atoms with Crippen LogP contribution in [0.2, 0.25) is 0 Å². The molecule has 5 aromatic rings. The fourth-order valence-corrected chi connectivity index (χ4v) is 4.73. The number of methoxy groups -OCH3 is 1. The van der Waals surface area contributed by atoms with E-state index in [4.69, 9.17) is 18.6 Å². The molecule has 0 unspecified atom stereocenters. The maximum absolute atomic E-state index is 12.1. The first-order valence-electron chi connectivity index (χ1n) is 13.4. The third kappa shape index (κ3) is 7.82. The molecule has 0 aliphatic carbocycles. The summed E-state index contributed by atoms with van der Waals surface area (Å²) >= 11 is 1.58. The number of benzene rings is 2. The molecular formula is C32H29N3O6S. The first-order chi connectivity index (χ1) is 20.6. The number of ketones is 1. The van der Waals surface area contributed by atoms with Crippen molar-refractivity contribution in [2.24, 2.45) is 0 Å². The fraction of sp³-hybridized carbons (Fsp3) is 0.188. The number of thiophene rings is 1. The number of rotatable bonds is 14. The maximum atomic E-state index is 12.1. The van der Waals surface area contributed by atoms with Crippen LogP contribution in [0.1, 0.15) is 29.0 Å². The Kier molecular flexibility index (Phi) is 9.58. The average molecular weight is 584 g/mol. The highest BCUT2D eigenvalue weighted by molar-refractivity contribution is 7.10. The van der Waals surface area contributed by atoms with Crippen molar-refractivity contribution in [3.05, 3.63) is 111 Å². The second kappa shape index (κ2) is 14.1. The predicted octanol–water partition coefficient (Wildman–Crippen LogP) is 6.19. The molecule has 0 radical (unpaired) electrons. The number of hydrogen-bond donors (Lipinski definition) is 0. The van der Waals surface area contributed by atoms with Gasteiger partial charge in [0.1, 0.15) is 23.6 Å². The van der Waals surface area contributed by atoms with E-state index in [0.29, 0.717) is 41.7 Å². The number of para-hydroxylation sites is 1. The summed E-state index contributed by atoms with van der Waals surface area (Å²) in [6, 6.07) is 18.0. The van der Waals surface area contributed by atoms with Crippen molar-refractivity contribution in [1.82, 2.24) is 15.0 Å². The number of aryl methyl sites for hydroxylation is 1. The summed E-state index contributed by atoms with van der Waals surface area (Å²) in [5, 5.41) is 11.1. The molecule has 0 spiro atoms. The molecule has 0 aliphatic heterocycles. The van der Waals surface area contributed by atoms with Crippen LogP contribution in [0.3, 0.4) is 0 Å². The zero-order valence-corrected chi connectivity index (χ0v) is 23.8. The SMILES string of the molecule is COc1cc(/C=C/C(=O)/C=C/c2cccs2)ccc1OCc1cn(CCCCOc2cc(=O)oc3ccccc23)nn1. The van der Waals surface area contributed by atoms with E-state index in [0.717, 1.165) is 28.7 Å². The fourth-order valence-electron chi connectivity index (χ4n) is 4.12. The summed E-state index contributed by atoms with van der Waals surface area (Å²) in [5.74, 6) is 1.54. The van der Waals surface area contributed by atoms with E-state index in [1.807, 2.05) is 54.0 Å². The lowest BCUT2D eigenvalue weighted by molar-refractivity contribution is -0.110. The van der Waals surface area contributed by atoms with Crippen molar-refractivity contribution < 1.29 is 23.4 Å². The van der Waals surface area contributed by atoms with E-state index in [2.05, 4.69) is 10.3 Å². The summed E-state index contributed by atoms with van der Waals surface area (Å²) in [4.78, 5) is 25.0. The smallest absolute Gasteiger partial charge is 0.339 e. The molecule has 0 saturated heterocycles. The number of aromatic nitrogens is 3. The van der Waals surface area contributed by atoms with Gasteiger partial charge in [-0.3, -0.25) is 9.48 Å². The number of allylic oxidation sites excluding steroid dienone is 2. The summed E-state index contributed by atoms with van der Waals surface area (Å²) in [6.07, 6.45) is 10.0. The van der Waals surface area contributed by atoms with Crippen LogP contribution in [-0.4, -0.2) is 34.5 Å². The number of nitrogens with zero attached hydrogens (tertiary/aromatic N) is 3. The number of carbonyl (C=O) groups excluding carboxylic acids is 1. The van der Waals surface area contributed by atoms with Gasteiger partial charge < -0.3 is 18.6 Å². The minimum Gasteiger partial charge on any atom is -0.493 e. The third-order valence-corrected chi connectivity index (χ3v) is 7.03. The van der Waals surface area contributed by atoms with Crippen LogP contribution in [0.25, 0.3) is 23.1 Å². The van der Waals surface area contributed by atoms with E-state index in [9.17, 15) is 9.59 Å². The molecule has 3 aromatic heterocycles. The summed E-state index contributed by atoms with van der Waals surface area (Å²) in [6.45, 7) is 1.35. The molecule has 0 aliphatic rings. The lowest BCUT2D eigenvalue weighted by atomic mass is 10.1. The summed E-state index contributed by atoms with van der Waals surface area (Å²) in [5.41, 5.74) is 1.57. The monoisotopic (exact) mass is 583 g/mol. The van der Waals surface area contributed by atoms with Gasteiger partial charge in [-0.05, 0) is 72.3 Å². The van der Waals surface area contributed by atoms with Crippen LogP contribution in [0.15, 0.2) is 93.6 Å². The van der Waals surface area contributed by atoms with Gasteiger partial charge in [-0.25, -0.2) is 4.79 Å². The van der Waals surface area contributed by atoms with Crippen LogP contribution in [0.5, 0.6) is 17.2 Å². The largest absolute Gasteiger partial charge is 0.493 e. The maximum Gasteiger partial charge on any atom is 0.339 e. The summed E-state index contributed by atoms with van der Waals surface area (Å²) < 4.78 is 24.2. The van der Waals surface area contributed by atoms with Crippen LogP contribution in [0.4, 0.5) is 0 Å². The average Bonchev–Trinajstić information content (AvgIpc) is 3.70. The molecular weight excluding hydrogens is 554 g/mol. The standard InChI is InChI=1S/C32H29N3O6S/c1-38-31-19-23(10-12-25(36)13-14-26-7-6-18-42-26)11-15-29(31)40-22-24-21-35(34-33-24)16-4-5-17-39-30-20-32(37)41-28-9-3-2-8-27(28)30/h2-3,6-15,18-21H,4-5,16-17,22H2,1H3/b12-10+,14-13+. The minimum atomic E-state index is -0.434. The Labute approximate surface area is 246 Å². The van der Waals surface area contributed by atoms with Gasteiger partial charge in [0.2, 0.25) is 0 Å². The first-order valence-corrected chi connectivity index (χ1v) is 14.2. The molecule has 0 atom stereocenters. The normalized spacial score (nSPS) is 11.5. The Morgan fingerprint density at radius 3 is 2.71 bits per heavy atom. The predicted molar refractivity (Wildman–Crippen MR) is 162 cm³/mol. The van der Waals surface area contributed by atoms with Crippen LogP contribution < -0.4 is 19.8 Å². The van der Waals surface area contributed by atoms with Crippen LogP contribution >= 0.6 is 11.3 Å². The Balaban J connectivity index is 1.07. The van der Waals surface area contributed by atoms with Crippen molar-refractivity contribution in [3.63, 3.8) is 0 Å². The van der Waals surface area contributed by atoms with Gasteiger partial charge in [0, 0.05) is 11.4 Å². The highest BCUT2D eigenvalue weighted by Crippen LogP contribution is 2.29. The van der Waals surface area contributed by atoms with Gasteiger partial charge in [0.15, 0.2) is 17.3 Å². The van der Waals surface area contributed by atoms with E-state index in [-0.39, 0.29) is 12.4 Å². The lowest BCUT2D eigenvalue weighted by Gasteiger charge is -2.10. The molecule has 10 heteroatoms. The van der Waals surface area contributed by atoms with E-state index in [1.165, 1.54) is 12.1 Å².